The molecule has 0 aliphatic carbocycles. The summed E-state index contributed by atoms with van der Waals surface area (Å²) in [6, 6.07) is 5.55. The first-order valence-corrected chi connectivity index (χ1v) is 9.43. The third-order valence-corrected chi connectivity index (χ3v) is 4.48. The Balaban J connectivity index is 2.17. The van der Waals surface area contributed by atoms with E-state index in [-0.39, 0.29) is 0 Å². The fourth-order valence-corrected chi connectivity index (χ4v) is 2.82. The molecule has 0 fully saturated rings. The SMILES string of the molecule is COc1ccc(-c2n[nH]c(=S)n2/N=C\C[C@@H](C)CCC=C(C)C)c(OC)c1. The van der Waals surface area contributed by atoms with Gasteiger partial charge in [-0.1, -0.05) is 18.6 Å². The van der Waals surface area contributed by atoms with Gasteiger partial charge in [0.1, 0.15) is 11.5 Å². The van der Waals surface area contributed by atoms with E-state index in [1.165, 1.54) is 5.57 Å². The van der Waals surface area contributed by atoms with Crippen LogP contribution < -0.4 is 9.47 Å². The third-order valence-electron chi connectivity index (χ3n) is 4.22. The van der Waals surface area contributed by atoms with Crippen molar-refractivity contribution in [1.82, 2.24) is 14.9 Å². The number of benzene rings is 1. The van der Waals surface area contributed by atoms with Crippen LogP contribution in [-0.2, 0) is 0 Å². The van der Waals surface area contributed by atoms with E-state index in [2.05, 4.69) is 42.1 Å². The molecule has 0 amide bonds. The number of hydrogen-bond donors (Lipinski definition) is 1. The van der Waals surface area contributed by atoms with E-state index in [4.69, 9.17) is 21.7 Å². The van der Waals surface area contributed by atoms with Gasteiger partial charge in [0, 0.05) is 12.3 Å². The Bertz CT molecular complexity index is 863. The number of allylic oxidation sites excluding steroid dienone is 2. The third kappa shape index (κ3) is 5.79. The van der Waals surface area contributed by atoms with Crippen molar-refractivity contribution in [2.75, 3.05) is 14.2 Å². The van der Waals surface area contributed by atoms with Crippen LogP contribution in [0, 0.1) is 10.7 Å². The van der Waals surface area contributed by atoms with Crippen LogP contribution in [0.1, 0.15) is 40.0 Å². The zero-order valence-corrected chi connectivity index (χ0v) is 17.5. The van der Waals surface area contributed by atoms with Gasteiger partial charge in [-0.3, -0.25) is 0 Å². The Morgan fingerprint density at radius 3 is 2.78 bits per heavy atom. The van der Waals surface area contributed by atoms with Crippen molar-refractivity contribution in [3.8, 4) is 22.9 Å². The average Bonchev–Trinajstić information content (AvgIpc) is 3.01. The molecule has 2 aromatic rings. The first-order chi connectivity index (χ1) is 13.0. The molecule has 1 aromatic carbocycles. The molecule has 2 rings (SSSR count). The number of hydrogen-bond acceptors (Lipinski definition) is 5. The predicted octanol–water partition coefficient (Wildman–Crippen LogP) is 5.23. The van der Waals surface area contributed by atoms with E-state index >= 15 is 0 Å². The first-order valence-electron chi connectivity index (χ1n) is 9.02. The summed E-state index contributed by atoms with van der Waals surface area (Å²) in [5.41, 5.74) is 2.15. The lowest BCUT2D eigenvalue weighted by molar-refractivity contribution is 0.395. The number of aromatic amines is 1. The Hall–Kier alpha value is -2.41. The second-order valence-corrected chi connectivity index (χ2v) is 7.11. The van der Waals surface area contributed by atoms with E-state index in [0.29, 0.717) is 28.0 Å². The van der Waals surface area contributed by atoms with Gasteiger partial charge in [-0.25, -0.2) is 5.10 Å². The van der Waals surface area contributed by atoms with Gasteiger partial charge >= 0.3 is 0 Å². The van der Waals surface area contributed by atoms with E-state index < -0.39 is 0 Å². The van der Waals surface area contributed by atoms with Gasteiger partial charge in [-0.2, -0.15) is 14.9 Å². The molecule has 0 aliphatic rings. The molecule has 0 spiro atoms. The lowest BCUT2D eigenvalue weighted by Crippen LogP contribution is -1.99. The molecule has 27 heavy (non-hydrogen) atoms. The van der Waals surface area contributed by atoms with Gasteiger partial charge in [0.15, 0.2) is 5.82 Å². The Morgan fingerprint density at radius 1 is 1.33 bits per heavy atom. The van der Waals surface area contributed by atoms with Crippen molar-refractivity contribution in [1.29, 1.82) is 0 Å². The lowest BCUT2D eigenvalue weighted by Gasteiger charge is -2.10. The highest BCUT2D eigenvalue weighted by Crippen LogP contribution is 2.32. The summed E-state index contributed by atoms with van der Waals surface area (Å²) in [6.07, 6.45) is 7.28. The molecule has 0 bridgehead atoms. The number of nitrogens with zero attached hydrogens (tertiary/aromatic N) is 3. The molecular formula is C20H28N4O2S. The summed E-state index contributed by atoms with van der Waals surface area (Å²) in [4.78, 5) is 0. The maximum atomic E-state index is 5.47. The summed E-state index contributed by atoms with van der Waals surface area (Å²) in [7, 11) is 3.23. The molecule has 6 nitrogen and oxygen atoms in total. The fraction of sp³-hybridized carbons (Fsp3) is 0.450. The van der Waals surface area contributed by atoms with Gasteiger partial charge in [-0.15, -0.1) is 0 Å². The van der Waals surface area contributed by atoms with Crippen LogP contribution in [0.3, 0.4) is 0 Å². The normalized spacial score (nSPS) is 12.2. The second kappa shape index (κ2) is 10.1. The summed E-state index contributed by atoms with van der Waals surface area (Å²) >= 11 is 5.34. The topological polar surface area (TPSA) is 64.4 Å². The predicted molar refractivity (Wildman–Crippen MR) is 112 cm³/mol. The van der Waals surface area contributed by atoms with Gasteiger partial charge in [0.25, 0.3) is 0 Å². The molecule has 0 saturated carbocycles. The van der Waals surface area contributed by atoms with Crippen LogP contribution in [0.4, 0.5) is 0 Å². The fourth-order valence-electron chi connectivity index (χ4n) is 2.64. The van der Waals surface area contributed by atoms with Crippen LogP contribution in [0.15, 0.2) is 34.9 Å². The van der Waals surface area contributed by atoms with Gasteiger partial charge in [0.2, 0.25) is 4.77 Å². The first kappa shape index (κ1) is 20.9. The standard InChI is InChI=1S/C20H28N4O2S/c1-14(2)7-6-8-15(3)11-12-21-24-19(22-23-20(24)27)17-10-9-16(25-4)13-18(17)26-5/h7,9-10,12-13,15H,6,8,11H2,1-5H3,(H,23,27)/b21-12-/t15-/m0/s1. The highest BCUT2D eigenvalue weighted by atomic mass is 32.1. The summed E-state index contributed by atoms with van der Waals surface area (Å²) in [6.45, 7) is 6.48. The van der Waals surface area contributed by atoms with Crippen LogP contribution in [0.25, 0.3) is 11.4 Å². The van der Waals surface area contributed by atoms with Crippen LogP contribution in [0.2, 0.25) is 0 Å². The van der Waals surface area contributed by atoms with Crippen molar-refractivity contribution in [3.05, 3.63) is 34.6 Å². The van der Waals surface area contributed by atoms with Crippen LogP contribution in [0.5, 0.6) is 11.5 Å². The van der Waals surface area contributed by atoms with E-state index in [1.54, 1.807) is 18.9 Å². The van der Waals surface area contributed by atoms with Crippen LogP contribution >= 0.6 is 12.2 Å². The Morgan fingerprint density at radius 2 is 2.11 bits per heavy atom. The average molecular weight is 389 g/mol. The van der Waals surface area contributed by atoms with E-state index in [0.717, 1.165) is 24.8 Å². The lowest BCUT2D eigenvalue weighted by atomic mass is 10.0. The number of rotatable bonds is 9. The van der Waals surface area contributed by atoms with Crippen molar-refractivity contribution >= 4 is 18.4 Å². The number of methoxy groups -OCH3 is 2. The largest absolute Gasteiger partial charge is 0.497 e. The number of H-pyrrole nitrogens is 1. The Labute approximate surface area is 165 Å². The monoisotopic (exact) mass is 388 g/mol. The highest BCUT2D eigenvalue weighted by molar-refractivity contribution is 7.71. The van der Waals surface area contributed by atoms with E-state index in [9.17, 15) is 0 Å². The van der Waals surface area contributed by atoms with Crippen molar-refractivity contribution in [3.63, 3.8) is 0 Å². The molecule has 1 N–H and O–H groups in total. The minimum absolute atomic E-state index is 0.441. The molecule has 1 heterocycles. The molecule has 0 radical (unpaired) electrons. The van der Waals surface area contributed by atoms with Gasteiger partial charge in [-0.05, 0) is 63.4 Å². The molecule has 0 unspecified atom stereocenters. The maximum absolute atomic E-state index is 5.47. The molecule has 0 aliphatic heterocycles. The van der Waals surface area contributed by atoms with Crippen LogP contribution in [-0.4, -0.2) is 35.3 Å². The minimum Gasteiger partial charge on any atom is -0.497 e. The van der Waals surface area contributed by atoms with Crippen molar-refractivity contribution in [2.45, 2.75) is 40.0 Å². The van der Waals surface area contributed by atoms with Gasteiger partial charge < -0.3 is 9.47 Å². The summed E-state index contributed by atoms with van der Waals surface area (Å²) in [5, 5.41) is 11.7. The smallest absolute Gasteiger partial charge is 0.216 e. The zero-order chi connectivity index (χ0) is 19.8. The molecule has 0 saturated heterocycles. The molecule has 1 aromatic heterocycles. The minimum atomic E-state index is 0.441. The summed E-state index contributed by atoms with van der Waals surface area (Å²) in [5.74, 6) is 2.51. The molecule has 7 heteroatoms. The maximum Gasteiger partial charge on any atom is 0.216 e. The number of ether oxygens (including phenoxy) is 2. The molecule has 146 valence electrons. The summed E-state index contributed by atoms with van der Waals surface area (Å²) < 4.78 is 12.8. The van der Waals surface area contributed by atoms with Gasteiger partial charge in [0.05, 0.1) is 19.8 Å². The number of aromatic nitrogens is 3. The second-order valence-electron chi connectivity index (χ2n) is 6.73. The zero-order valence-electron chi connectivity index (χ0n) is 16.7. The van der Waals surface area contributed by atoms with Crippen molar-refractivity contribution < 1.29 is 9.47 Å². The molecular weight excluding hydrogens is 360 g/mol. The quantitative estimate of drug-likeness (QED) is 0.363. The van der Waals surface area contributed by atoms with Crippen molar-refractivity contribution in [2.24, 2.45) is 11.0 Å². The molecule has 1 atom stereocenters. The Kier molecular flexibility index (Phi) is 7.79. The van der Waals surface area contributed by atoms with E-state index in [1.807, 2.05) is 24.4 Å². The number of nitrogens with one attached hydrogen (secondary N) is 1. The highest BCUT2D eigenvalue weighted by Gasteiger charge is 2.14.